The van der Waals surface area contributed by atoms with Crippen molar-refractivity contribution in [2.75, 3.05) is 26.8 Å². The Morgan fingerprint density at radius 2 is 1.90 bits per heavy atom. The van der Waals surface area contributed by atoms with Crippen molar-refractivity contribution in [3.63, 3.8) is 0 Å². The zero-order valence-electron chi connectivity index (χ0n) is 11.4. The van der Waals surface area contributed by atoms with Gasteiger partial charge in [-0.2, -0.15) is 9.57 Å². The van der Waals surface area contributed by atoms with Crippen LogP contribution in [-0.4, -0.2) is 39.5 Å². The maximum atomic E-state index is 12.5. The minimum Gasteiger partial charge on any atom is -0.384 e. The van der Waals surface area contributed by atoms with E-state index in [0.717, 1.165) is 12.8 Å². The summed E-state index contributed by atoms with van der Waals surface area (Å²) in [6.07, 6.45) is 1.65. The summed E-state index contributed by atoms with van der Waals surface area (Å²) in [5.41, 5.74) is 0.461. The molecule has 0 aromatic heterocycles. The van der Waals surface area contributed by atoms with Crippen LogP contribution in [0.1, 0.15) is 18.4 Å². The monoisotopic (exact) mass is 294 g/mol. The number of nitrogens with zero attached hydrogens (tertiary/aromatic N) is 2. The highest BCUT2D eigenvalue weighted by molar-refractivity contribution is 7.89. The molecule has 0 bridgehead atoms. The second-order valence-electron chi connectivity index (χ2n) is 4.94. The number of piperidine rings is 1. The summed E-state index contributed by atoms with van der Waals surface area (Å²) in [6.45, 7) is 1.73. The van der Waals surface area contributed by atoms with E-state index in [1.807, 2.05) is 6.07 Å². The van der Waals surface area contributed by atoms with E-state index in [1.54, 1.807) is 7.11 Å². The fraction of sp³-hybridized carbons (Fsp3) is 0.500. The maximum Gasteiger partial charge on any atom is 0.243 e. The van der Waals surface area contributed by atoms with Crippen LogP contribution in [0.25, 0.3) is 0 Å². The Hall–Kier alpha value is -1.42. The predicted octanol–water partition coefficient (Wildman–Crippen LogP) is 1.61. The molecule has 1 aliphatic heterocycles. The second-order valence-corrected chi connectivity index (χ2v) is 6.88. The first-order valence-corrected chi connectivity index (χ1v) is 8.01. The summed E-state index contributed by atoms with van der Waals surface area (Å²) in [5, 5.41) is 8.74. The molecule has 1 aromatic rings. The molecule has 0 unspecified atom stereocenters. The van der Waals surface area contributed by atoms with Gasteiger partial charge in [0.05, 0.1) is 16.5 Å². The number of rotatable bonds is 4. The maximum absolute atomic E-state index is 12.5. The number of hydrogen-bond donors (Lipinski definition) is 0. The lowest BCUT2D eigenvalue weighted by Crippen LogP contribution is -2.39. The molecule has 0 radical (unpaired) electrons. The van der Waals surface area contributed by atoms with Gasteiger partial charge in [0.2, 0.25) is 10.0 Å². The summed E-state index contributed by atoms with van der Waals surface area (Å²) in [7, 11) is -1.78. The van der Waals surface area contributed by atoms with Crippen LogP contribution < -0.4 is 0 Å². The Bertz CT molecular complexity index is 582. The van der Waals surface area contributed by atoms with E-state index < -0.39 is 10.0 Å². The molecule has 1 heterocycles. The zero-order chi connectivity index (χ0) is 14.6. The van der Waals surface area contributed by atoms with Crippen LogP contribution in [0.5, 0.6) is 0 Å². The van der Waals surface area contributed by atoms with E-state index in [2.05, 4.69) is 0 Å². The molecule has 0 amide bonds. The zero-order valence-corrected chi connectivity index (χ0v) is 12.3. The van der Waals surface area contributed by atoms with Gasteiger partial charge < -0.3 is 4.74 Å². The van der Waals surface area contributed by atoms with E-state index in [9.17, 15) is 8.42 Å². The topological polar surface area (TPSA) is 70.4 Å². The fourth-order valence-electron chi connectivity index (χ4n) is 2.40. The van der Waals surface area contributed by atoms with E-state index in [4.69, 9.17) is 10.00 Å². The van der Waals surface area contributed by atoms with Gasteiger partial charge in [-0.05, 0) is 43.0 Å². The summed E-state index contributed by atoms with van der Waals surface area (Å²) in [4.78, 5) is 0.252. The van der Waals surface area contributed by atoms with Crippen LogP contribution in [0, 0.1) is 17.2 Å². The molecule has 108 valence electrons. The highest BCUT2D eigenvalue weighted by atomic mass is 32.2. The Kier molecular flexibility index (Phi) is 4.76. The molecule has 20 heavy (non-hydrogen) atoms. The standard InChI is InChI=1S/C14H18N2O3S/c1-19-11-13-6-8-16(9-7-13)20(17,18)14-4-2-12(10-15)3-5-14/h2-5,13H,6-9,11H2,1H3. The Labute approximate surface area is 119 Å². The molecule has 0 atom stereocenters. The normalized spacial score (nSPS) is 17.8. The average Bonchev–Trinajstić information content (AvgIpc) is 2.48. The molecule has 5 nitrogen and oxygen atoms in total. The number of benzene rings is 1. The number of hydrogen-bond acceptors (Lipinski definition) is 4. The van der Waals surface area contributed by atoms with Crippen molar-refractivity contribution >= 4 is 10.0 Å². The van der Waals surface area contributed by atoms with E-state index in [0.29, 0.717) is 31.2 Å². The van der Waals surface area contributed by atoms with Crippen molar-refractivity contribution in [3.8, 4) is 6.07 Å². The van der Waals surface area contributed by atoms with Crippen LogP contribution in [0.2, 0.25) is 0 Å². The van der Waals surface area contributed by atoms with Crippen LogP contribution in [0.3, 0.4) is 0 Å². The average molecular weight is 294 g/mol. The highest BCUT2D eigenvalue weighted by Gasteiger charge is 2.29. The number of ether oxygens (including phenoxy) is 1. The van der Waals surface area contributed by atoms with Crippen molar-refractivity contribution in [2.45, 2.75) is 17.7 Å². The van der Waals surface area contributed by atoms with Crippen LogP contribution in [0.4, 0.5) is 0 Å². The number of nitriles is 1. The first-order valence-electron chi connectivity index (χ1n) is 6.57. The van der Waals surface area contributed by atoms with E-state index in [-0.39, 0.29) is 4.90 Å². The highest BCUT2D eigenvalue weighted by Crippen LogP contribution is 2.24. The SMILES string of the molecule is COCC1CCN(S(=O)(=O)c2ccc(C#N)cc2)CC1. The van der Waals surface area contributed by atoms with Gasteiger partial charge in [-0.3, -0.25) is 0 Å². The van der Waals surface area contributed by atoms with Crippen molar-refractivity contribution in [2.24, 2.45) is 5.92 Å². The molecule has 2 rings (SSSR count). The molecule has 1 fully saturated rings. The lowest BCUT2D eigenvalue weighted by atomic mass is 9.99. The minimum atomic E-state index is -3.44. The van der Waals surface area contributed by atoms with E-state index in [1.165, 1.54) is 28.6 Å². The van der Waals surface area contributed by atoms with E-state index >= 15 is 0 Å². The van der Waals surface area contributed by atoms with Gasteiger partial charge in [-0.1, -0.05) is 0 Å². The molecule has 0 N–H and O–H groups in total. The van der Waals surface area contributed by atoms with Crippen molar-refractivity contribution < 1.29 is 13.2 Å². The van der Waals surface area contributed by atoms with Crippen LogP contribution >= 0.6 is 0 Å². The van der Waals surface area contributed by atoms with Crippen LogP contribution in [0.15, 0.2) is 29.2 Å². The van der Waals surface area contributed by atoms with Crippen molar-refractivity contribution in [3.05, 3.63) is 29.8 Å². The first kappa shape index (κ1) is 15.0. The fourth-order valence-corrected chi connectivity index (χ4v) is 3.87. The lowest BCUT2D eigenvalue weighted by Gasteiger charge is -2.30. The molecule has 6 heteroatoms. The van der Waals surface area contributed by atoms with Crippen molar-refractivity contribution in [1.82, 2.24) is 4.31 Å². The Morgan fingerprint density at radius 1 is 1.30 bits per heavy atom. The molecular weight excluding hydrogens is 276 g/mol. The van der Waals surface area contributed by atoms with Crippen molar-refractivity contribution in [1.29, 1.82) is 5.26 Å². The third kappa shape index (κ3) is 3.18. The first-order chi connectivity index (χ1) is 9.57. The van der Waals surface area contributed by atoms with Gasteiger partial charge in [-0.15, -0.1) is 0 Å². The molecule has 0 aliphatic carbocycles. The molecule has 1 aliphatic rings. The smallest absolute Gasteiger partial charge is 0.243 e. The second kappa shape index (κ2) is 6.35. The van der Waals surface area contributed by atoms with Gasteiger partial charge in [0.1, 0.15) is 0 Å². The minimum absolute atomic E-state index is 0.252. The summed E-state index contributed by atoms with van der Waals surface area (Å²) >= 11 is 0. The summed E-state index contributed by atoms with van der Waals surface area (Å²) in [5.74, 6) is 0.437. The molecule has 0 spiro atoms. The van der Waals surface area contributed by atoms with Gasteiger partial charge in [0, 0.05) is 26.8 Å². The predicted molar refractivity (Wildman–Crippen MR) is 74.5 cm³/mol. The third-order valence-corrected chi connectivity index (χ3v) is 5.51. The molecule has 0 saturated carbocycles. The Morgan fingerprint density at radius 3 is 2.40 bits per heavy atom. The van der Waals surface area contributed by atoms with Gasteiger partial charge in [0.15, 0.2) is 0 Å². The number of methoxy groups -OCH3 is 1. The Balaban J connectivity index is 2.09. The third-order valence-electron chi connectivity index (χ3n) is 3.60. The quantitative estimate of drug-likeness (QED) is 0.846. The summed E-state index contributed by atoms with van der Waals surface area (Å²) in [6, 6.07) is 8.04. The van der Waals surface area contributed by atoms with Gasteiger partial charge in [0.25, 0.3) is 0 Å². The largest absolute Gasteiger partial charge is 0.384 e. The summed E-state index contributed by atoms with van der Waals surface area (Å²) < 4.78 is 31.6. The molecule has 1 aromatic carbocycles. The van der Waals surface area contributed by atoms with Gasteiger partial charge >= 0.3 is 0 Å². The lowest BCUT2D eigenvalue weighted by molar-refractivity contribution is 0.121. The van der Waals surface area contributed by atoms with Crippen LogP contribution in [-0.2, 0) is 14.8 Å². The molecular formula is C14H18N2O3S. The number of sulfonamides is 1. The molecule has 1 saturated heterocycles. The van der Waals surface area contributed by atoms with Gasteiger partial charge in [-0.25, -0.2) is 8.42 Å².